The van der Waals surface area contributed by atoms with E-state index in [0.29, 0.717) is 10.6 Å². The van der Waals surface area contributed by atoms with E-state index in [1.54, 1.807) is 6.07 Å². The molecule has 0 radical (unpaired) electrons. The SMILES string of the molecule is Cc1csc(C(=O)NNc2ccc(F)nc2)c1. The van der Waals surface area contributed by atoms with Crippen molar-refractivity contribution in [2.45, 2.75) is 6.92 Å². The summed E-state index contributed by atoms with van der Waals surface area (Å²) in [6.45, 7) is 1.92. The molecule has 4 nitrogen and oxygen atoms in total. The zero-order chi connectivity index (χ0) is 12.3. The molecule has 2 rings (SSSR count). The van der Waals surface area contributed by atoms with E-state index in [1.165, 1.54) is 29.7 Å². The number of anilines is 1. The van der Waals surface area contributed by atoms with E-state index in [-0.39, 0.29) is 5.91 Å². The molecule has 1 amide bonds. The van der Waals surface area contributed by atoms with Crippen molar-refractivity contribution >= 4 is 22.9 Å². The summed E-state index contributed by atoms with van der Waals surface area (Å²) < 4.78 is 12.5. The highest BCUT2D eigenvalue weighted by Crippen LogP contribution is 2.13. The maximum atomic E-state index is 12.5. The number of nitrogens with zero attached hydrogens (tertiary/aromatic N) is 1. The van der Waals surface area contributed by atoms with E-state index in [1.807, 2.05) is 12.3 Å². The van der Waals surface area contributed by atoms with Crippen LogP contribution in [0.1, 0.15) is 15.2 Å². The molecule has 0 saturated heterocycles. The topological polar surface area (TPSA) is 54.0 Å². The van der Waals surface area contributed by atoms with E-state index in [9.17, 15) is 9.18 Å². The summed E-state index contributed by atoms with van der Waals surface area (Å²) in [5.74, 6) is -0.789. The molecule has 0 fully saturated rings. The predicted octanol–water partition coefficient (Wildman–Crippen LogP) is 2.35. The summed E-state index contributed by atoms with van der Waals surface area (Å²) in [5.41, 5.74) is 6.73. The Morgan fingerprint density at radius 2 is 2.29 bits per heavy atom. The second-order valence-electron chi connectivity index (χ2n) is 3.44. The lowest BCUT2D eigenvalue weighted by Gasteiger charge is -2.06. The van der Waals surface area contributed by atoms with Crippen LogP contribution in [-0.4, -0.2) is 10.9 Å². The number of thiophene rings is 1. The summed E-state index contributed by atoms with van der Waals surface area (Å²) in [7, 11) is 0. The lowest BCUT2D eigenvalue weighted by atomic mass is 10.3. The monoisotopic (exact) mass is 251 g/mol. The van der Waals surface area contributed by atoms with Crippen molar-refractivity contribution in [1.29, 1.82) is 0 Å². The molecular formula is C11H10FN3OS. The van der Waals surface area contributed by atoms with Gasteiger partial charge < -0.3 is 0 Å². The van der Waals surface area contributed by atoms with Crippen molar-refractivity contribution < 1.29 is 9.18 Å². The van der Waals surface area contributed by atoms with Crippen molar-refractivity contribution in [3.05, 3.63) is 46.2 Å². The molecule has 2 aromatic heterocycles. The standard InChI is InChI=1S/C11H10FN3OS/c1-7-4-9(17-6-7)11(16)15-14-8-2-3-10(12)13-5-8/h2-6,14H,1H3,(H,15,16). The van der Waals surface area contributed by atoms with Crippen LogP contribution in [0.25, 0.3) is 0 Å². The largest absolute Gasteiger partial charge is 0.297 e. The normalized spacial score (nSPS) is 10.0. The number of carbonyl (C=O) groups is 1. The maximum absolute atomic E-state index is 12.5. The zero-order valence-corrected chi connectivity index (χ0v) is 9.84. The fraction of sp³-hybridized carbons (Fsp3) is 0.0909. The predicted molar refractivity (Wildman–Crippen MR) is 64.3 cm³/mol. The maximum Gasteiger partial charge on any atom is 0.279 e. The molecule has 2 aromatic rings. The van der Waals surface area contributed by atoms with Gasteiger partial charge in [-0.2, -0.15) is 4.39 Å². The van der Waals surface area contributed by atoms with Crippen molar-refractivity contribution in [3.63, 3.8) is 0 Å². The number of aryl methyl sites for hydroxylation is 1. The van der Waals surface area contributed by atoms with Gasteiger partial charge in [-0.15, -0.1) is 11.3 Å². The molecular weight excluding hydrogens is 241 g/mol. The number of hydrogen-bond acceptors (Lipinski definition) is 4. The first-order chi connectivity index (χ1) is 8.15. The number of carbonyl (C=O) groups excluding carboxylic acids is 1. The second-order valence-corrected chi connectivity index (χ2v) is 4.35. The first-order valence-corrected chi connectivity index (χ1v) is 5.76. The molecule has 2 heterocycles. The number of pyridine rings is 1. The van der Waals surface area contributed by atoms with Gasteiger partial charge in [0.15, 0.2) is 0 Å². The first-order valence-electron chi connectivity index (χ1n) is 4.88. The summed E-state index contributed by atoms with van der Waals surface area (Å²) in [5, 5.41) is 1.90. The van der Waals surface area contributed by atoms with Gasteiger partial charge in [0.05, 0.1) is 16.8 Å². The van der Waals surface area contributed by atoms with Crippen molar-refractivity contribution in [3.8, 4) is 0 Å². The summed E-state index contributed by atoms with van der Waals surface area (Å²) in [6.07, 6.45) is 1.30. The summed E-state index contributed by atoms with van der Waals surface area (Å²) >= 11 is 1.37. The molecule has 6 heteroatoms. The molecule has 0 unspecified atom stereocenters. The second kappa shape index (κ2) is 4.92. The van der Waals surface area contributed by atoms with Gasteiger partial charge in [0.1, 0.15) is 0 Å². The minimum atomic E-state index is -0.559. The number of hydrazine groups is 1. The van der Waals surface area contributed by atoms with Crippen LogP contribution >= 0.6 is 11.3 Å². The quantitative estimate of drug-likeness (QED) is 0.650. The number of hydrogen-bond donors (Lipinski definition) is 2. The Morgan fingerprint density at radius 3 is 2.88 bits per heavy atom. The van der Waals surface area contributed by atoms with Crippen LogP contribution in [0.3, 0.4) is 0 Å². The third-order valence-corrected chi connectivity index (χ3v) is 3.05. The highest BCUT2D eigenvalue weighted by Gasteiger charge is 2.06. The molecule has 0 saturated carbocycles. The molecule has 0 atom stereocenters. The summed E-state index contributed by atoms with van der Waals surface area (Å²) in [6, 6.07) is 4.50. The number of amides is 1. The lowest BCUT2D eigenvalue weighted by Crippen LogP contribution is -2.28. The number of nitrogens with one attached hydrogen (secondary N) is 2. The zero-order valence-electron chi connectivity index (χ0n) is 9.03. The van der Waals surface area contributed by atoms with Crippen molar-refractivity contribution in [2.24, 2.45) is 0 Å². The van der Waals surface area contributed by atoms with Crippen LogP contribution in [0.4, 0.5) is 10.1 Å². The van der Waals surface area contributed by atoms with Gasteiger partial charge in [-0.3, -0.25) is 15.6 Å². The van der Waals surface area contributed by atoms with Crippen molar-refractivity contribution in [1.82, 2.24) is 10.4 Å². The molecule has 0 bridgehead atoms. The van der Waals surface area contributed by atoms with Gasteiger partial charge in [0.2, 0.25) is 5.95 Å². The van der Waals surface area contributed by atoms with Crippen LogP contribution in [-0.2, 0) is 0 Å². The Morgan fingerprint density at radius 1 is 1.47 bits per heavy atom. The van der Waals surface area contributed by atoms with E-state index in [4.69, 9.17) is 0 Å². The number of rotatable bonds is 3. The van der Waals surface area contributed by atoms with E-state index >= 15 is 0 Å². The third kappa shape index (κ3) is 3.01. The Bertz CT molecular complexity index is 524. The van der Waals surface area contributed by atoms with Gasteiger partial charge in [-0.1, -0.05) is 0 Å². The van der Waals surface area contributed by atoms with Gasteiger partial charge in [-0.05, 0) is 36.1 Å². The highest BCUT2D eigenvalue weighted by atomic mass is 32.1. The van der Waals surface area contributed by atoms with Crippen LogP contribution in [0.2, 0.25) is 0 Å². The van der Waals surface area contributed by atoms with Crippen LogP contribution in [0, 0.1) is 12.9 Å². The fourth-order valence-corrected chi connectivity index (χ4v) is 1.98. The fourth-order valence-electron chi connectivity index (χ4n) is 1.19. The van der Waals surface area contributed by atoms with Gasteiger partial charge in [0.25, 0.3) is 5.91 Å². The molecule has 0 aliphatic heterocycles. The van der Waals surface area contributed by atoms with Gasteiger partial charge in [0, 0.05) is 0 Å². The highest BCUT2D eigenvalue weighted by molar-refractivity contribution is 7.12. The van der Waals surface area contributed by atoms with E-state index < -0.39 is 5.95 Å². The van der Waals surface area contributed by atoms with E-state index in [0.717, 1.165) is 5.56 Å². The molecule has 2 N–H and O–H groups in total. The Kier molecular flexibility index (Phi) is 3.34. The minimum absolute atomic E-state index is 0.229. The van der Waals surface area contributed by atoms with Crippen LogP contribution < -0.4 is 10.9 Å². The smallest absolute Gasteiger partial charge is 0.279 e. The average Bonchev–Trinajstić information content (AvgIpc) is 2.75. The molecule has 0 aliphatic carbocycles. The Balaban J connectivity index is 1.94. The first kappa shape index (κ1) is 11.5. The van der Waals surface area contributed by atoms with Crippen LogP contribution in [0.15, 0.2) is 29.8 Å². The molecule has 17 heavy (non-hydrogen) atoms. The van der Waals surface area contributed by atoms with Gasteiger partial charge in [-0.25, -0.2) is 4.98 Å². The average molecular weight is 251 g/mol. The minimum Gasteiger partial charge on any atom is -0.297 e. The molecule has 0 aliphatic rings. The Hall–Kier alpha value is -1.95. The van der Waals surface area contributed by atoms with Crippen molar-refractivity contribution in [2.75, 3.05) is 5.43 Å². The van der Waals surface area contributed by atoms with Gasteiger partial charge >= 0.3 is 0 Å². The molecule has 88 valence electrons. The molecule has 0 aromatic carbocycles. The Labute approximate surface area is 101 Å². The van der Waals surface area contributed by atoms with E-state index in [2.05, 4.69) is 15.8 Å². The molecule has 0 spiro atoms. The summed E-state index contributed by atoms with van der Waals surface area (Å²) in [4.78, 5) is 15.7. The van der Waals surface area contributed by atoms with Crippen LogP contribution in [0.5, 0.6) is 0 Å². The number of halogens is 1. The third-order valence-electron chi connectivity index (χ3n) is 2.00. The number of aromatic nitrogens is 1. The lowest BCUT2D eigenvalue weighted by molar-refractivity contribution is 0.0966.